The Labute approximate surface area is 150 Å². The van der Waals surface area contributed by atoms with Gasteiger partial charge in [0.25, 0.3) is 0 Å². The van der Waals surface area contributed by atoms with E-state index in [0.717, 1.165) is 17.3 Å². The van der Waals surface area contributed by atoms with Crippen LogP contribution in [0.3, 0.4) is 0 Å². The minimum Gasteiger partial charge on any atom is -0.380 e. The first-order valence-electron chi connectivity index (χ1n) is 8.86. The van der Waals surface area contributed by atoms with Crippen molar-refractivity contribution in [1.29, 1.82) is 0 Å². The Kier molecular flexibility index (Phi) is 8.81. The number of rotatable bonds is 9. The molecule has 2 rings (SSSR count). The maximum Gasteiger partial charge on any atom is 0.0727 e. The van der Waals surface area contributed by atoms with Gasteiger partial charge >= 0.3 is 0 Å². The lowest BCUT2D eigenvalue weighted by Gasteiger charge is -2.38. The van der Waals surface area contributed by atoms with Gasteiger partial charge in [-0.15, -0.1) is 11.8 Å². The van der Waals surface area contributed by atoms with Gasteiger partial charge in [0.15, 0.2) is 0 Å². The van der Waals surface area contributed by atoms with Gasteiger partial charge < -0.3 is 9.64 Å². The van der Waals surface area contributed by atoms with Crippen LogP contribution in [0.25, 0.3) is 0 Å². The van der Waals surface area contributed by atoms with Gasteiger partial charge in [-0.1, -0.05) is 37.4 Å². The molecule has 1 aromatic carbocycles. The maximum atomic E-state index is 6.05. The first-order chi connectivity index (χ1) is 11.2. The van der Waals surface area contributed by atoms with Gasteiger partial charge in [0.05, 0.1) is 6.10 Å². The molecule has 2 nitrogen and oxygen atoms in total. The summed E-state index contributed by atoms with van der Waals surface area (Å²) in [6, 6.07) is 8.15. The molecule has 1 aromatic rings. The number of hydrogen-bond acceptors (Lipinski definition) is 3. The van der Waals surface area contributed by atoms with Crippen LogP contribution < -0.4 is 0 Å². The summed E-state index contributed by atoms with van der Waals surface area (Å²) in [4.78, 5) is 3.85. The summed E-state index contributed by atoms with van der Waals surface area (Å²) >= 11 is 7.95. The highest BCUT2D eigenvalue weighted by atomic mass is 35.5. The van der Waals surface area contributed by atoms with Crippen molar-refractivity contribution < 1.29 is 4.74 Å². The fraction of sp³-hybridized carbons (Fsp3) is 0.684. The zero-order valence-corrected chi connectivity index (χ0v) is 16.0. The van der Waals surface area contributed by atoms with Crippen molar-refractivity contribution in [3.63, 3.8) is 0 Å². The van der Waals surface area contributed by atoms with Crippen molar-refractivity contribution >= 4 is 23.4 Å². The maximum absolute atomic E-state index is 6.05. The van der Waals surface area contributed by atoms with Crippen LogP contribution in [0.5, 0.6) is 0 Å². The second-order valence-electron chi connectivity index (χ2n) is 6.43. The van der Waals surface area contributed by atoms with Crippen LogP contribution in [-0.4, -0.2) is 43.5 Å². The largest absolute Gasteiger partial charge is 0.380 e. The van der Waals surface area contributed by atoms with E-state index >= 15 is 0 Å². The molecule has 130 valence electrons. The zero-order valence-electron chi connectivity index (χ0n) is 14.5. The molecule has 1 aliphatic rings. The van der Waals surface area contributed by atoms with Gasteiger partial charge in [-0.2, -0.15) is 0 Å². The van der Waals surface area contributed by atoms with Crippen LogP contribution in [0.2, 0.25) is 5.02 Å². The summed E-state index contributed by atoms with van der Waals surface area (Å²) in [6.07, 6.45) is 6.84. The summed E-state index contributed by atoms with van der Waals surface area (Å²) in [7, 11) is 1.87. The number of piperidine rings is 1. The number of hydrogen-bond donors (Lipinski definition) is 0. The van der Waals surface area contributed by atoms with Gasteiger partial charge in [-0.3, -0.25) is 0 Å². The quantitative estimate of drug-likeness (QED) is 0.437. The van der Waals surface area contributed by atoms with E-state index in [9.17, 15) is 0 Å². The van der Waals surface area contributed by atoms with Crippen molar-refractivity contribution in [2.45, 2.75) is 50.0 Å². The summed E-state index contributed by atoms with van der Waals surface area (Å²) in [5.41, 5.74) is 0. The predicted octanol–water partition coefficient (Wildman–Crippen LogP) is 5.35. The van der Waals surface area contributed by atoms with E-state index in [1.807, 2.05) is 31.0 Å². The monoisotopic (exact) mass is 355 g/mol. The topological polar surface area (TPSA) is 12.5 Å². The van der Waals surface area contributed by atoms with Crippen molar-refractivity contribution in [3.05, 3.63) is 29.3 Å². The van der Waals surface area contributed by atoms with Crippen molar-refractivity contribution in [2.24, 2.45) is 5.92 Å². The smallest absolute Gasteiger partial charge is 0.0727 e. The first-order valence-corrected chi connectivity index (χ1v) is 10.2. The third-order valence-corrected chi connectivity index (χ3v) is 5.98. The molecule has 0 amide bonds. The lowest BCUT2D eigenvalue weighted by molar-refractivity contribution is -0.0123. The number of unbranched alkanes of at least 4 members (excludes halogenated alkanes) is 2. The number of methoxy groups -OCH3 is 1. The highest BCUT2D eigenvalue weighted by molar-refractivity contribution is 7.99. The number of thioether (sulfide) groups is 1. The number of likely N-dealkylation sites (tertiary alicyclic amines) is 1. The average Bonchev–Trinajstić information content (AvgIpc) is 2.56. The number of benzene rings is 1. The van der Waals surface area contributed by atoms with Gasteiger partial charge in [0.2, 0.25) is 0 Å². The highest BCUT2D eigenvalue weighted by Crippen LogP contribution is 2.28. The Hall–Kier alpha value is -0.220. The Morgan fingerprint density at radius 3 is 2.96 bits per heavy atom. The van der Waals surface area contributed by atoms with Crippen LogP contribution in [0.15, 0.2) is 29.2 Å². The summed E-state index contributed by atoms with van der Waals surface area (Å²) in [5.74, 6) is 1.83. The molecule has 0 saturated carbocycles. The fourth-order valence-electron chi connectivity index (χ4n) is 3.30. The normalized spacial score (nSPS) is 22.4. The minimum atomic E-state index is 0.394. The second kappa shape index (κ2) is 10.6. The molecule has 0 unspecified atom stereocenters. The molecule has 0 bridgehead atoms. The molecule has 0 aromatic heterocycles. The van der Waals surface area contributed by atoms with E-state index in [0.29, 0.717) is 12.0 Å². The summed E-state index contributed by atoms with van der Waals surface area (Å²) in [5, 5.41) is 0.824. The molecule has 1 aliphatic heterocycles. The van der Waals surface area contributed by atoms with E-state index in [1.54, 1.807) is 0 Å². The zero-order chi connectivity index (χ0) is 16.5. The molecule has 0 aliphatic carbocycles. The van der Waals surface area contributed by atoms with Gasteiger partial charge in [-0.05, 0) is 62.2 Å². The Morgan fingerprint density at radius 1 is 1.35 bits per heavy atom. The highest BCUT2D eigenvalue weighted by Gasteiger charge is 2.28. The lowest BCUT2D eigenvalue weighted by atomic mass is 9.91. The third-order valence-electron chi connectivity index (χ3n) is 4.71. The van der Waals surface area contributed by atoms with Crippen molar-refractivity contribution in [3.8, 4) is 0 Å². The second-order valence-corrected chi connectivity index (χ2v) is 8.03. The van der Waals surface area contributed by atoms with E-state index in [4.69, 9.17) is 16.3 Å². The van der Waals surface area contributed by atoms with E-state index < -0.39 is 0 Å². The molecular formula is C19H30ClNOS. The molecule has 4 heteroatoms. The van der Waals surface area contributed by atoms with Crippen molar-refractivity contribution in [1.82, 2.24) is 4.90 Å². The van der Waals surface area contributed by atoms with Crippen LogP contribution in [-0.2, 0) is 4.74 Å². The Morgan fingerprint density at radius 2 is 2.22 bits per heavy atom. The Balaban J connectivity index is 1.72. The number of nitrogens with zero attached hydrogens (tertiary/aromatic N) is 1. The van der Waals surface area contributed by atoms with Crippen molar-refractivity contribution in [2.75, 3.05) is 32.5 Å². The van der Waals surface area contributed by atoms with Gasteiger partial charge in [0.1, 0.15) is 0 Å². The molecule has 1 fully saturated rings. The molecule has 0 N–H and O–H groups in total. The molecule has 0 radical (unpaired) electrons. The minimum absolute atomic E-state index is 0.394. The van der Waals surface area contributed by atoms with Gasteiger partial charge in [-0.25, -0.2) is 0 Å². The van der Waals surface area contributed by atoms with Crippen LogP contribution in [0.1, 0.15) is 39.0 Å². The Bertz CT molecular complexity index is 457. The SMILES string of the molecule is CCCCCN1CC[C@@H](CCSc2cccc(Cl)c2)[C@H](OC)C1. The molecule has 23 heavy (non-hydrogen) atoms. The molecule has 1 saturated heterocycles. The fourth-order valence-corrected chi connectivity index (χ4v) is 4.60. The molecule has 0 spiro atoms. The summed E-state index contributed by atoms with van der Waals surface area (Å²) < 4.78 is 5.79. The average molecular weight is 356 g/mol. The number of halogens is 1. The van der Waals surface area contributed by atoms with Crippen LogP contribution in [0.4, 0.5) is 0 Å². The standard InChI is InChI=1S/C19H30ClNOS/c1-3-4-5-11-21-12-9-16(19(15-21)22-2)10-13-23-18-8-6-7-17(20)14-18/h6-8,14,16,19H,3-5,9-13,15H2,1-2H3/t16-,19+/m0/s1. The van der Waals surface area contributed by atoms with Crippen LogP contribution in [0, 0.1) is 5.92 Å². The van der Waals surface area contributed by atoms with Crippen LogP contribution >= 0.6 is 23.4 Å². The molecular weight excluding hydrogens is 326 g/mol. The predicted molar refractivity (Wildman–Crippen MR) is 102 cm³/mol. The van der Waals surface area contributed by atoms with E-state index in [-0.39, 0.29) is 0 Å². The number of ether oxygens (including phenoxy) is 1. The van der Waals surface area contributed by atoms with Gasteiger partial charge in [0, 0.05) is 23.6 Å². The molecule has 1 heterocycles. The van der Waals surface area contributed by atoms with E-state index in [1.165, 1.54) is 50.1 Å². The van der Waals surface area contributed by atoms with E-state index in [2.05, 4.69) is 24.0 Å². The first kappa shape index (κ1) is 19.1. The summed E-state index contributed by atoms with van der Waals surface area (Å²) in [6.45, 7) is 5.84. The lowest BCUT2D eigenvalue weighted by Crippen LogP contribution is -2.45. The molecule has 2 atom stereocenters. The third kappa shape index (κ3) is 6.66.